The Balaban J connectivity index is 2.63. The number of ether oxygens (including phenoxy) is 1. The van der Waals surface area contributed by atoms with Crippen molar-refractivity contribution in [2.24, 2.45) is 0 Å². The first-order valence-electron chi connectivity index (χ1n) is 6.80. The van der Waals surface area contributed by atoms with E-state index in [1.54, 1.807) is 36.7 Å². The number of nitrogens with zero attached hydrogens (tertiary/aromatic N) is 2. The number of fused-ring (bicyclic) bond motifs is 1. The molecular formula is C14H19IN2O4S. The van der Waals surface area contributed by atoms with Crippen molar-refractivity contribution in [3.8, 4) is 5.75 Å². The zero-order valence-corrected chi connectivity index (χ0v) is 15.7. The molecule has 0 amide bonds. The van der Waals surface area contributed by atoms with Crippen LogP contribution in [0.3, 0.4) is 0 Å². The molecule has 2 rings (SSSR count). The van der Waals surface area contributed by atoms with Gasteiger partial charge in [0.15, 0.2) is 9.84 Å². The second-order valence-corrected chi connectivity index (χ2v) is 9.26. The van der Waals surface area contributed by atoms with Gasteiger partial charge in [0, 0.05) is 18.9 Å². The molecule has 2 aromatic heterocycles. The van der Waals surface area contributed by atoms with Crippen molar-refractivity contribution in [3.63, 3.8) is 0 Å². The third kappa shape index (κ3) is 2.95. The molecule has 0 aliphatic heterocycles. The van der Waals surface area contributed by atoms with E-state index in [2.05, 4.69) is 27.6 Å². The third-order valence-electron chi connectivity index (χ3n) is 3.70. The number of aliphatic hydroxyl groups is 1. The number of sulfone groups is 1. The van der Waals surface area contributed by atoms with Crippen LogP contribution in [-0.2, 0) is 9.84 Å². The minimum atomic E-state index is -3.63. The van der Waals surface area contributed by atoms with Crippen LogP contribution in [0.25, 0.3) is 5.65 Å². The minimum absolute atomic E-state index is 0.0332. The summed E-state index contributed by atoms with van der Waals surface area (Å²) < 4.78 is 32.8. The van der Waals surface area contributed by atoms with Crippen molar-refractivity contribution in [1.82, 2.24) is 9.38 Å². The highest BCUT2D eigenvalue weighted by molar-refractivity contribution is 14.1. The molecule has 0 spiro atoms. The number of rotatable bonds is 6. The topological polar surface area (TPSA) is 80.9 Å². The molecule has 0 aromatic carbocycles. The zero-order chi connectivity index (χ0) is 16.5. The van der Waals surface area contributed by atoms with Gasteiger partial charge in [-0.3, -0.25) is 4.40 Å². The summed E-state index contributed by atoms with van der Waals surface area (Å²) in [6.07, 6.45) is 4.02. The van der Waals surface area contributed by atoms with Crippen LogP contribution in [0.1, 0.15) is 26.7 Å². The number of methoxy groups -OCH3 is 1. The van der Waals surface area contributed by atoms with Crippen LogP contribution in [0.4, 0.5) is 0 Å². The lowest BCUT2D eigenvalue weighted by atomic mass is 10.1. The average molecular weight is 438 g/mol. The Morgan fingerprint density at radius 3 is 2.73 bits per heavy atom. The second-order valence-electron chi connectivity index (χ2n) is 5.61. The SMILES string of the molecule is COc1cc2ncc(I)n2cc1S(=O)(=O)C(C)(C)CCCO. The third-order valence-corrected chi connectivity index (χ3v) is 7.05. The van der Waals surface area contributed by atoms with E-state index in [4.69, 9.17) is 9.84 Å². The molecule has 122 valence electrons. The van der Waals surface area contributed by atoms with Crippen LogP contribution in [0.5, 0.6) is 5.75 Å². The minimum Gasteiger partial charge on any atom is -0.495 e. The van der Waals surface area contributed by atoms with Gasteiger partial charge in [0.2, 0.25) is 0 Å². The van der Waals surface area contributed by atoms with Gasteiger partial charge in [-0.05, 0) is 49.3 Å². The summed E-state index contributed by atoms with van der Waals surface area (Å²) in [6, 6.07) is 1.62. The molecule has 0 radical (unpaired) electrons. The van der Waals surface area contributed by atoms with Crippen LogP contribution < -0.4 is 4.74 Å². The van der Waals surface area contributed by atoms with Crippen LogP contribution >= 0.6 is 22.6 Å². The number of imidazole rings is 1. The highest BCUT2D eigenvalue weighted by Crippen LogP contribution is 2.35. The van der Waals surface area contributed by atoms with Crippen molar-refractivity contribution < 1.29 is 18.3 Å². The highest BCUT2D eigenvalue weighted by atomic mass is 127. The summed E-state index contributed by atoms with van der Waals surface area (Å²) in [4.78, 5) is 4.35. The van der Waals surface area contributed by atoms with E-state index in [1.165, 1.54) is 7.11 Å². The second kappa shape index (κ2) is 6.32. The Morgan fingerprint density at radius 1 is 1.45 bits per heavy atom. The summed E-state index contributed by atoms with van der Waals surface area (Å²) in [5.41, 5.74) is 0.633. The zero-order valence-electron chi connectivity index (χ0n) is 12.7. The van der Waals surface area contributed by atoms with Gasteiger partial charge in [-0.25, -0.2) is 13.4 Å². The van der Waals surface area contributed by atoms with Gasteiger partial charge in [-0.15, -0.1) is 0 Å². The Labute approximate surface area is 143 Å². The van der Waals surface area contributed by atoms with Crippen molar-refractivity contribution in [2.75, 3.05) is 13.7 Å². The summed E-state index contributed by atoms with van der Waals surface area (Å²) in [5.74, 6) is 0.284. The van der Waals surface area contributed by atoms with Gasteiger partial charge in [-0.1, -0.05) is 0 Å². The predicted molar refractivity (Wildman–Crippen MR) is 92.0 cm³/mol. The van der Waals surface area contributed by atoms with Crippen molar-refractivity contribution in [3.05, 3.63) is 22.2 Å². The molecule has 0 bridgehead atoms. The summed E-state index contributed by atoms with van der Waals surface area (Å²) in [5, 5.41) is 8.98. The van der Waals surface area contributed by atoms with E-state index in [-0.39, 0.29) is 17.3 Å². The average Bonchev–Trinajstić information content (AvgIpc) is 2.84. The van der Waals surface area contributed by atoms with Crippen LogP contribution in [0.15, 0.2) is 23.4 Å². The lowest BCUT2D eigenvalue weighted by Gasteiger charge is -2.25. The summed E-state index contributed by atoms with van der Waals surface area (Å²) in [6.45, 7) is 3.30. The molecule has 1 N–H and O–H groups in total. The maximum absolute atomic E-state index is 13.0. The molecule has 0 saturated carbocycles. The number of hydrogen-bond donors (Lipinski definition) is 1. The first-order valence-corrected chi connectivity index (χ1v) is 9.37. The Morgan fingerprint density at radius 2 is 2.14 bits per heavy atom. The van der Waals surface area contributed by atoms with E-state index in [0.29, 0.717) is 18.5 Å². The molecule has 0 atom stereocenters. The molecule has 8 heteroatoms. The van der Waals surface area contributed by atoms with E-state index < -0.39 is 14.6 Å². The molecule has 0 aliphatic rings. The lowest BCUT2D eigenvalue weighted by molar-refractivity contribution is 0.278. The molecule has 0 unspecified atom stereocenters. The van der Waals surface area contributed by atoms with Gasteiger partial charge in [0.1, 0.15) is 20.0 Å². The van der Waals surface area contributed by atoms with Gasteiger partial charge >= 0.3 is 0 Å². The lowest BCUT2D eigenvalue weighted by Crippen LogP contribution is -2.32. The van der Waals surface area contributed by atoms with Gasteiger partial charge < -0.3 is 9.84 Å². The normalized spacial score (nSPS) is 12.8. The van der Waals surface area contributed by atoms with E-state index in [1.807, 2.05) is 0 Å². The van der Waals surface area contributed by atoms with E-state index in [9.17, 15) is 8.42 Å². The van der Waals surface area contributed by atoms with Crippen molar-refractivity contribution in [1.29, 1.82) is 0 Å². The van der Waals surface area contributed by atoms with Crippen LogP contribution in [0.2, 0.25) is 0 Å². The van der Waals surface area contributed by atoms with Gasteiger partial charge in [0.05, 0.1) is 18.1 Å². The van der Waals surface area contributed by atoms with Crippen LogP contribution in [-0.4, -0.2) is 41.4 Å². The molecule has 2 aromatic rings. The number of hydrogen-bond acceptors (Lipinski definition) is 5. The molecule has 0 aliphatic carbocycles. The number of halogens is 1. The standard InChI is InChI=1S/C14H19IN2O4S/c1-14(2,5-4-6-18)22(19,20)11-9-17-12(15)8-16-13(17)7-10(11)21-3/h7-9,18H,4-6H2,1-3H3. The van der Waals surface area contributed by atoms with Crippen molar-refractivity contribution >= 4 is 38.1 Å². The number of pyridine rings is 1. The fourth-order valence-corrected chi connectivity index (χ4v) is 4.44. The van der Waals surface area contributed by atoms with Crippen LogP contribution in [0, 0.1) is 3.70 Å². The molecule has 22 heavy (non-hydrogen) atoms. The Bertz CT molecular complexity index is 783. The smallest absolute Gasteiger partial charge is 0.188 e. The summed E-state index contributed by atoms with van der Waals surface area (Å²) >= 11 is 2.10. The van der Waals surface area contributed by atoms with E-state index >= 15 is 0 Å². The van der Waals surface area contributed by atoms with E-state index in [0.717, 1.165) is 3.70 Å². The Kier molecular flexibility index (Phi) is 5.03. The highest BCUT2D eigenvalue weighted by Gasteiger charge is 2.37. The molecule has 0 fully saturated rings. The number of aromatic nitrogens is 2. The fourth-order valence-electron chi connectivity index (χ4n) is 2.26. The first kappa shape index (κ1) is 17.5. The largest absolute Gasteiger partial charge is 0.495 e. The van der Waals surface area contributed by atoms with Crippen molar-refractivity contribution in [2.45, 2.75) is 36.3 Å². The van der Waals surface area contributed by atoms with Gasteiger partial charge in [0.25, 0.3) is 0 Å². The quantitative estimate of drug-likeness (QED) is 0.701. The Hall–Kier alpha value is -0.870. The molecule has 0 saturated heterocycles. The molecule has 6 nitrogen and oxygen atoms in total. The van der Waals surface area contributed by atoms with Gasteiger partial charge in [-0.2, -0.15) is 0 Å². The first-order chi connectivity index (χ1) is 10.2. The molecule has 2 heterocycles. The molecular weight excluding hydrogens is 419 g/mol. The fraction of sp³-hybridized carbons (Fsp3) is 0.500. The monoisotopic (exact) mass is 438 g/mol. The number of aliphatic hydroxyl groups excluding tert-OH is 1. The maximum atomic E-state index is 13.0. The maximum Gasteiger partial charge on any atom is 0.188 e. The predicted octanol–water partition coefficient (Wildman–Crippen LogP) is 2.27. The summed E-state index contributed by atoms with van der Waals surface area (Å²) in [7, 11) is -2.18.